The average molecular weight is 425 g/mol. The van der Waals surface area contributed by atoms with Gasteiger partial charge in [0.1, 0.15) is 0 Å². The van der Waals surface area contributed by atoms with Gasteiger partial charge in [-0.3, -0.25) is 0 Å². The number of hydrogen-bond donors (Lipinski definition) is 1. The number of nitrogens with one attached hydrogen (secondary N) is 1. The zero-order chi connectivity index (χ0) is 20.9. The highest BCUT2D eigenvalue weighted by Gasteiger charge is 2.26. The van der Waals surface area contributed by atoms with Crippen molar-refractivity contribution in [2.45, 2.75) is 31.7 Å². The van der Waals surface area contributed by atoms with Gasteiger partial charge >= 0.3 is 0 Å². The Morgan fingerprint density at radius 3 is 2.77 bits per heavy atom. The minimum absolute atomic E-state index is 0.457. The van der Waals surface area contributed by atoms with Crippen molar-refractivity contribution in [2.24, 2.45) is 0 Å². The van der Waals surface area contributed by atoms with E-state index in [4.69, 9.17) is 14.2 Å². The van der Waals surface area contributed by atoms with Crippen molar-refractivity contribution in [3.63, 3.8) is 0 Å². The van der Waals surface area contributed by atoms with Crippen LogP contribution in [0.2, 0.25) is 0 Å². The van der Waals surface area contributed by atoms with E-state index in [0.717, 1.165) is 29.0 Å². The SMILES string of the molecule is CCCSc1nnc2c(n1)O[C@@H](c1ccc(OCC)c(OC)c1)Nc1ccccc1-2. The summed E-state index contributed by atoms with van der Waals surface area (Å²) in [5.74, 6) is 2.73. The molecule has 0 saturated heterocycles. The number of hydrogen-bond acceptors (Lipinski definition) is 8. The summed E-state index contributed by atoms with van der Waals surface area (Å²) in [5, 5.41) is 12.8. The van der Waals surface area contributed by atoms with Crippen LogP contribution in [0.15, 0.2) is 47.6 Å². The third kappa shape index (κ3) is 4.14. The lowest BCUT2D eigenvalue weighted by Gasteiger charge is -2.20. The Morgan fingerprint density at radius 1 is 1.10 bits per heavy atom. The smallest absolute Gasteiger partial charge is 0.247 e. The van der Waals surface area contributed by atoms with Crippen LogP contribution >= 0.6 is 11.8 Å². The van der Waals surface area contributed by atoms with E-state index in [9.17, 15) is 0 Å². The Bertz CT molecular complexity index is 1030. The summed E-state index contributed by atoms with van der Waals surface area (Å²) >= 11 is 1.57. The highest BCUT2D eigenvalue weighted by atomic mass is 32.2. The summed E-state index contributed by atoms with van der Waals surface area (Å²) < 4.78 is 17.5. The van der Waals surface area contributed by atoms with E-state index < -0.39 is 6.23 Å². The van der Waals surface area contributed by atoms with Gasteiger partial charge in [-0.05, 0) is 37.6 Å². The van der Waals surface area contributed by atoms with Gasteiger partial charge in [-0.1, -0.05) is 36.9 Å². The van der Waals surface area contributed by atoms with Crippen LogP contribution in [0, 0.1) is 0 Å². The summed E-state index contributed by atoms with van der Waals surface area (Å²) in [6.45, 7) is 4.63. The van der Waals surface area contributed by atoms with Gasteiger partial charge in [-0.2, -0.15) is 4.98 Å². The summed E-state index contributed by atoms with van der Waals surface area (Å²) in [7, 11) is 1.63. The zero-order valence-corrected chi connectivity index (χ0v) is 18.0. The summed E-state index contributed by atoms with van der Waals surface area (Å²) in [4.78, 5) is 4.65. The molecule has 3 aromatic rings. The second-order valence-electron chi connectivity index (χ2n) is 6.63. The molecular formula is C22H24N4O3S. The second kappa shape index (κ2) is 9.21. The molecule has 4 rings (SSSR count). The number of benzene rings is 2. The van der Waals surface area contributed by atoms with Gasteiger partial charge in [0, 0.05) is 22.6 Å². The predicted molar refractivity (Wildman–Crippen MR) is 117 cm³/mol. The lowest BCUT2D eigenvalue weighted by atomic mass is 10.1. The van der Waals surface area contributed by atoms with Crippen molar-refractivity contribution < 1.29 is 14.2 Å². The standard InChI is InChI=1S/C22H24N4O3S/c1-4-12-30-22-24-21-19(25-26-22)15-8-6-7-9-16(15)23-20(29-21)14-10-11-17(28-5-2)18(13-14)27-3/h6-11,13,20,23H,4-5,12H2,1-3H3/t20-/m0/s1. The molecule has 1 N–H and O–H groups in total. The fraction of sp³-hybridized carbons (Fsp3) is 0.318. The lowest BCUT2D eigenvalue weighted by Crippen LogP contribution is -2.17. The van der Waals surface area contributed by atoms with Crippen molar-refractivity contribution in [1.82, 2.24) is 15.2 Å². The molecule has 0 fully saturated rings. The van der Waals surface area contributed by atoms with Crippen LogP contribution < -0.4 is 19.5 Å². The number of aromatic nitrogens is 3. The quantitative estimate of drug-likeness (QED) is 0.534. The molecule has 1 aromatic heterocycles. The van der Waals surface area contributed by atoms with Crippen LogP contribution in [0.5, 0.6) is 17.4 Å². The van der Waals surface area contributed by atoms with Gasteiger partial charge in [0.05, 0.1) is 13.7 Å². The predicted octanol–water partition coefficient (Wildman–Crippen LogP) is 4.95. The third-order valence-electron chi connectivity index (χ3n) is 4.56. The number of rotatable bonds is 7. The number of thioether (sulfide) groups is 1. The average Bonchev–Trinajstić information content (AvgIpc) is 2.94. The van der Waals surface area contributed by atoms with Crippen LogP contribution in [0.25, 0.3) is 11.3 Å². The van der Waals surface area contributed by atoms with E-state index in [1.54, 1.807) is 18.9 Å². The van der Waals surface area contributed by atoms with Crippen molar-refractivity contribution in [2.75, 3.05) is 24.8 Å². The molecule has 1 atom stereocenters. The van der Waals surface area contributed by atoms with Crippen LogP contribution in [0.4, 0.5) is 5.69 Å². The molecule has 156 valence electrons. The zero-order valence-electron chi connectivity index (χ0n) is 17.2. The normalized spacial score (nSPS) is 14.6. The minimum Gasteiger partial charge on any atom is -0.493 e. The Hall–Kier alpha value is -3.00. The Labute approximate surface area is 180 Å². The van der Waals surface area contributed by atoms with E-state index in [2.05, 4.69) is 27.4 Å². The monoisotopic (exact) mass is 424 g/mol. The fourth-order valence-electron chi connectivity index (χ4n) is 3.17. The van der Waals surface area contributed by atoms with Crippen LogP contribution in [-0.2, 0) is 0 Å². The molecular weight excluding hydrogens is 400 g/mol. The molecule has 8 heteroatoms. The number of nitrogens with zero attached hydrogens (tertiary/aromatic N) is 3. The first-order valence-corrected chi connectivity index (χ1v) is 10.9. The highest BCUT2D eigenvalue weighted by molar-refractivity contribution is 7.99. The molecule has 1 aliphatic rings. The molecule has 1 aliphatic heterocycles. The van der Waals surface area contributed by atoms with E-state index in [-0.39, 0.29) is 0 Å². The maximum absolute atomic E-state index is 6.31. The van der Waals surface area contributed by atoms with Crippen molar-refractivity contribution in [1.29, 1.82) is 0 Å². The van der Waals surface area contributed by atoms with Gasteiger partial charge < -0.3 is 19.5 Å². The van der Waals surface area contributed by atoms with Crippen molar-refractivity contribution >= 4 is 17.4 Å². The molecule has 0 radical (unpaired) electrons. The number of ether oxygens (including phenoxy) is 3. The van der Waals surface area contributed by atoms with Gasteiger partial charge in [0.25, 0.3) is 0 Å². The maximum Gasteiger partial charge on any atom is 0.247 e. The Balaban J connectivity index is 1.75. The first-order chi connectivity index (χ1) is 14.7. The Kier molecular flexibility index (Phi) is 6.23. The largest absolute Gasteiger partial charge is 0.493 e. The minimum atomic E-state index is -0.474. The first kappa shape index (κ1) is 20.3. The number of anilines is 1. The van der Waals surface area contributed by atoms with E-state index in [1.807, 2.05) is 49.4 Å². The molecule has 7 nitrogen and oxygen atoms in total. The van der Waals surface area contributed by atoms with Gasteiger partial charge in [0.15, 0.2) is 23.4 Å². The summed E-state index contributed by atoms with van der Waals surface area (Å²) in [6, 6.07) is 13.7. The molecule has 0 bridgehead atoms. The Morgan fingerprint density at radius 2 is 1.97 bits per heavy atom. The second-order valence-corrected chi connectivity index (χ2v) is 7.69. The van der Waals surface area contributed by atoms with Gasteiger partial charge in [-0.15, -0.1) is 10.2 Å². The van der Waals surface area contributed by atoms with Crippen LogP contribution in [-0.4, -0.2) is 34.7 Å². The van der Waals surface area contributed by atoms with Gasteiger partial charge in [-0.25, -0.2) is 0 Å². The summed E-state index contributed by atoms with van der Waals surface area (Å²) in [6.07, 6.45) is 0.558. The highest BCUT2D eigenvalue weighted by Crippen LogP contribution is 2.40. The molecule has 30 heavy (non-hydrogen) atoms. The van der Waals surface area contributed by atoms with E-state index in [1.165, 1.54) is 0 Å². The molecule has 0 aliphatic carbocycles. The van der Waals surface area contributed by atoms with Crippen molar-refractivity contribution in [3.05, 3.63) is 48.0 Å². The summed E-state index contributed by atoms with van der Waals surface area (Å²) in [5.41, 5.74) is 3.32. The molecule has 0 saturated carbocycles. The third-order valence-corrected chi connectivity index (χ3v) is 5.60. The van der Waals surface area contributed by atoms with E-state index >= 15 is 0 Å². The molecule has 2 heterocycles. The fourth-order valence-corrected chi connectivity index (χ4v) is 3.81. The van der Waals surface area contributed by atoms with Gasteiger partial charge in [0.2, 0.25) is 11.0 Å². The van der Waals surface area contributed by atoms with Crippen LogP contribution in [0.3, 0.4) is 0 Å². The topological polar surface area (TPSA) is 78.4 Å². The molecule has 0 amide bonds. The van der Waals surface area contributed by atoms with Crippen LogP contribution in [0.1, 0.15) is 32.1 Å². The number of methoxy groups -OCH3 is 1. The number of para-hydroxylation sites is 1. The first-order valence-electron chi connectivity index (χ1n) is 9.94. The maximum atomic E-state index is 6.31. The lowest BCUT2D eigenvalue weighted by molar-refractivity contribution is 0.224. The van der Waals surface area contributed by atoms with Crippen molar-refractivity contribution in [3.8, 4) is 28.6 Å². The molecule has 2 aromatic carbocycles. The molecule has 0 unspecified atom stereocenters. The molecule has 0 spiro atoms. The number of fused-ring (bicyclic) bond motifs is 3. The van der Waals surface area contributed by atoms with E-state index in [0.29, 0.717) is 34.8 Å².